The number of benzene rings is 2. The fourth-order valence-corrected chi connectivity index (χ4v) is 3.84. The van der Waals surface area contributed by atoms with Crippen LogP contribution >= 0.6 is 0 Å². The van der Waals surface area contributed by atoms with Crippen molar-refractivity contribution < 1.29 is 4.79 Å². The first-order chi connectivity index (χ1) is 11.2. The largest absolute Gasteiger partial charge is 0.340 e. The van der Waals surface area contributed by atoms with Crippen LogP contribution in [0.3, 0.4) is 0 Å². The highest BCUT2D eigenvalue weighted by molar-refractivity contribution is 5.84. The van der Waals surface area contributed by atoms with Crippen LogP contribution in [0.5, 0.6) is 0 Å². The maximum Gasteiger partial charge on any atom is 0.223 e. The van der Waals surface area contributed by atoms with E-state index in [1.54, 1.807) is 0 Å². The standard InChI is InChI=1S/C20H22N2O/c1-21-10-12-22(13-11-21)20(23)14-19-17-8-4-2-6-15(17)16-7-3-5-9-18(16)19/h2-9,19H,10-14H2,1H3. The van der Waals surface area contributed by atoms with Crippen molar-refractivity contribution >= 4 is 5.91 Å². The van der Waals surface area contributed by atoms with Gasteiger partial charge in [-0.3, -0.25) is 4.79 Å². The third kappa shape index (κ3) is 2.55. The molecule has 0 radical (unpaired) electrons. The van der Waals surface area contributed by atoms with E-state index >= 15 is 0 Å². The maximum atomic E-state index is 12.8. The van der Waals surface area contributed by atoms with Gasteiger partial charge in [0.1, 0.15) is 0 Å². The lowest BCUT2D eigenvalue weighted by atomic mass is 9.93. The van der Waals surface area contributed by atoms with Crippen molar-refractivity contribution in [1.29, 1.82) is 0 Å². The van der Waals surface area contributed by atoms with Gasteiger partial charge in [0.2, 0.25) is 5.91 Å². The van der Waals surface area contributed by atoms with Gasteiger partial charge in [-0.25, -0.2) is 0 Å². The zero-order chi connectivity index (χ0) is 15.8. The Kier molecular flexibility index (Phi) is 3.66. The summed E-state index contributed by atoms with van der Waals surface area (Å²) in [7, 11) is 2.12. The maximum absolute atomic E-state index is 12.8. The number of likely N-dealkylation sites (N-methyl/N-ethyl adjacent to an activating group) is 1. The van der Waals surface area contributed by atoms with E-state index < -0.39 is 0 Å². The predicted octanol–water partition coefficient (Wildman–Crippen LogP) is 2.96. The molecular formula is C20H22N2O. The smallest absolute Gasteiger partial charge is 0.223 e. The first-order valence-electron chi connectivity index (χ1n) is 8.38. The lowest BCUT2D eigenvalue weighted by Gasteiger charge is -2.33. The van der Waals surface area contributed by atoms with E-state index in [1.165, 1.54) is 22.3 Å². The number of carbonyl (C=O) groups is 1. The number of nitrogens with zero attached hydrogens (tertiary/aromatic N) is 2. The monoisotopic (exact) mass is 306 g/mol. The van der Waals surface area contributed by atoms with E-state index in [4.69, 9.17) is 0 Å². The Morgan fingerprint density at radius 3 is 2.00 bits per heavy atom. The lowest BCUT2D eigenvalue weighted by Crippen LogP contribution is -2.47. The zero-order valence-corrected chi connectivity index (χ0v) is 13.5. The second kappa shape index (κ2) is 5.82. The van der Waals surface area contributed by atoms with Gasteiger partial charge in [0, 0.05) is 38.5 Å². The summed E-state index contributed by atoms with van der Waals surface area (Å²) in [5.41, 5.74) is 5.19. The summed E-state index contributed by atoms with van der Waals surface area (Å²) in [6.07, 6.45) is 0.581. The van der Waals surface area contributed by atoms with Crippen LogP contribution in [0.15, 0.2) is 48.5 Å². The van der Waals surface area contributed by atoms with Gasteiger partial charge in [-0.2, -0.15) is 0 Å². The molecule has 0 spiro atoms. The number of hydrogen-bond acceptors (Lipinski definition) is 2. The topological polar surface area (TPSA) is 23.6 Å². The minimum absolute atomic E-state index is 0.203. The van der Waals surface area contributed by atoms with Crippen molar-refractivity contribution in [2.75, 3.05) is 33.2 Å². The molecule has 118 valence electrons. The molecule has 3 nitrogen and oxygen atoms in total. The second-order valence-corrected chi connectivity index (χ2v) is 6.62. The van der Waals surface area contributed by atoms with E-state index in [9.17, 15) is 4.79 Å². The number of fused-ring (bicyclic) bond motifs is 3. The molecule has 1 heterocycles. The first-order valence-corrected chi connectivity index (χ1v) is 8.38. The van der Waals surface area contributed by atoms with Crippen molar-refractivity contribution in [1.82, 2.24) is 9.80 Å². The van der Waals surface area contributed by atoms with Gasteiger partial charge < -0.3 is 9.80 Å². The molecule has 4 rings (SSSR count). The Balaban J connectivity index is 1.60. The van der Waals surface area contributed by atoms with Crippen molar-refractivity contribution in [3.8, 4) is 11.1 Å². The quantitative estimate of drug-likeness (QED) is 0.851. The predicted molar refractivity (Wildman–Crippen MR) is 92.4 cm³/mol. The summed E-state index contributed by atoms with van der Waals surface area (Å²) in [4.78, 5) is 17.1. The number of piperazine rings is 1. The fraction of sp³-hybridized carbons (Fsp3) is 0.350. The van der Waals surface area contributed by atoms with Crippen LogP contribution < -0.4 is 0 Å². The minimum Gasteiger partial charge on any atom is -0.340 e. The average Bonchev–Trinajstić information content (AvgIpc) is 2.90. The van der Waals surface area contributed by atoms with Gasteiger partial charge in [-0.1, -0.05) is 48.5 Å². The number of amides is 1. The molecule has 2 aromatic carbocycles. The molecule has 3 heteroatoms. The van der Waals surface area contributed by atoms with Crippen molar-refractivity contribution in [3.63, 3.8) is 0 Å². The minimum atomic E-state index is 0.203. The van der Waals surface area contributed by atoms with Gasteiger partial charge in [0.25, 0.3) is 0 Å². The number of carbonyl (C=O) groups excluding carboxylic acids is 1. The molecule has 1 fully saturated rings. The SMILES string of the molecule is CN1CCN(C(=O)CC2c3ccccc3-c3ccccc32)CC1. The Morgan fingerprint density at radius 2 is 1.43 bits per heavy atom. The van der Waals surface area contributed by atoms with Crippen LogP contribution in [-0.2, 0) is 4.79 Å². The molecule has 2 aromatic rings. The van der Waals surface area contributed by atoms with Crippen LogP contribution in [0.1, 0.15) is 23.5 Å². The summed E-state index contributed by atoms with van der Waals surface area (Å²) < 4.78 is 0. The summed E-state index contributed by atoms with van der Waals surface area (Å²) in [6, 6.07) is 17.0. The van der Waals surface area contributed by atoms with E-state index in [-0.39, 0.29) is 11.8 Å². The molecule has 1 saturated heterocycles. The Labute approximate surface area is 137 Å². The molecule has 1 aliphatic carbocycles. The van der Waals surface area contributed by atoms with Crippen LogP contribution in [0.2, 0.25) is 0 Å². The molecule has 0 unspecified atom stereocenters. The zero-order valence-electron chi connectivity index (χ0n) is 13.5. The molecule has 2 aliphatic rings. The Bertz CT molecular complexity index is 686. The molecule has 0 bridgehead atoms. The van der Waals surface area contributed by atoms with Crippen LogP contribution in [-0.4, -0.2) is 48.9 Å². The Morgan fingerprint density at radius 1 is 0.913 bits per heavy atom. The Hall–Kier alpha value is -2.13. The summed E-state index contributed by atoms with van der Waals surface area (Å²) in [5.74, 6) is 0.490. The fourth-order valence-electron chi connectivity index (χ4n) is 3.84. The van der Waals surface area contributed by atoms with Crippen LogP contribution in [0.25, 0.3) is 11.1 Å². The van der Waals surface area contributed by atoms with Gasteiger partial charge in [0.15, 0.2) is 0 Å². The highest BCUT2D eigenvalue weighted by Crippen LogP contribution is 2.46. The van der Waals surface area contributed by atoms with Gasteiger partial charge in [0.05, 0.1) is 0 Å². The number of hydrogen-bond donors (Lipinski definition) is 0. The lowest BCUT2D eigenvalue weighted by molar-refractivity contribution is -0.132. The highest BCUT2D eigenvalue weighted by Gasteiger charge is 2.31. The van der Waals surface area contributed by atoms with Crippen molar-refractivity contribution in [2.24, 2.45) is 0 Å². The summed E-state index contributed by atoms with van der Waals surface area (Å²) in [6.45, 7) is 3.66. The molecule has 1 amide bonds. The normalized spacial score (nSPS) is 17.9. The van der Waals surface area contributed by atoms with Crippen LogP contribution in [0.4, 0.5) is 0 Å². The molecular weight excluding hydrogens is 284 g/mol. The van der Waals surface area contributed by atoms with E-state index in [2.05, 4.69) is 60.5 Å². The molecule has 0 saturated carbocycles. The third-order valence-electron chi connectivity index (χ3n) is 5.20. The van der Waals surface area contributed by atoms with Crippen molar-refractivity contribution in [3.05, 3.63) is 59.7 Å². The average molecular weight is 306 g/mol. The third-order valence-corrected chi connectivity index (χ3v) is 5.20. The van der Waals surface area contributed by atoms with E-state index in [0.717, 1.165) is 26.2 Å². The molecule has 23 heavy (non-hydrogen) atoms. The van der Waals surface area contributed by atoms with Crippen molar-refractivity contribution in [2.45, 2.75) is 12.3 Å². The molecule has 0 atom stereocenters. The van der Waals surface area contributed by atoms with E-state index in [0.29, 0.717) is 6.42 Å². The second-order valence-electron chi connectivity index (χ2n) is 6.62. The van der Waals surface area contributed by atoms with Gasteiger partial charge in [-0.05, 0) is 29.3 Å². The summed E-state index contributed by atoms with van der Waals surface area (Å²) >= 11 is 0. The van der Waals surface area contributed by atoms with Crippen LogP contribution in [0, 0.1) is 0 Å². The summed E-state index contributed by atoms with van der Waals surface area (Å²) in [5, 5.41) is 0. The molecule has 1 aliphatic heterocycles. The molecule has 0 N–H and O–H groups in total. The highest BCUT2D eigenvalue weighted by atomic mass is 16.2. The van der Waals surface area contributed by atoms with Gasteiger partial charge in [-0.15, -0.1) is 0 Å². The first kappa shape index (κ1) is 14.5. The van der Waals surface area contributed by atoms with E-state index in [1.807, 2.05) is 4.90 Å². The number of rotatable bonds is 2. The molecule has 0 aromatic heterocycles. The van der Waals surface area contributed by atoms with Gasteiger partial charge >= 0.3 is 0 Å².